The van der Waals surface area contributed by atoms with Crippen molar-refractivity contribution in [3.05, 3.63) is 200 Å². The molecule has 0 amide bonds. The average Bonchev–Trinajstić information content (AvgIpc) is 3.62. The lowest BCUT2D eigenvalue weighted by Crippen LogP contribution is -2.58. The summed E-state index contributed by atoms with van der Waals surface area (Å²) < 4.78 is 40.1. The molecule has 1 unspecified atom stereocenters. The van der Waals surface area contributed by atoms with E-state index in [0.29, 0.717) is 41.9 Å². The predicted octanol–water partition coefficient (Wildman–Crippen LogP) is 10.2. The predicted molar refractivity (Wildman–Crippen MR) is 214 cm³/mol. The third-order valence-electron chi connectivity index (χ3n) is 9.31. The van der Waals surface area contributed by atoms with E-state index in [4.69, 9.17) is 40.0 Å². The lowest BCUT2D eigenvalue weighted by Gasteiger charge is -2.46. The Morgan fingerprint density at radius 2 is 1.02 bits per heavy atom. The van der Waals surface area contributed by atoms with Crippen LogP contribution in [0.15, 0.2) is 158 Å². The van der Waals surface area contributed by atoms with Crippen LogP contribution in [0.2, 0.25) is 4.34 Å². The van der Waals surface area contributed by atoms with Gasteiger partial charge in [-0.25, -0.2) is 4.79 Å². The fraction of sp³-hybridized carbons (Fsp3) is 0.239. The van der Waals surface area contributed by atoms with Crippen LogP contribution >= 0.6 is 22.9 Å². The number of esters is 1. The molecule has 5 atom stereocenters. The van der Waals surface area contributed by atoms with E-state index < -0.39 is 36.5 Å². The summed E-state index contributed by atoms with van der Waals surface area (Å²) in [5.74, 6) is -0.425. The van der Waals surface area contributed by atoms with E-state index in [1.165, 1.54) is 11.3 Å². The fourth-order valence-electron chi connectivity index (χ4n) is 6.48. The average molecular weight is 775 g/mol. The Kier molecular flexibility index (Phi) is 13.9. The summed E-state index contributed by atoms with van der Waals surface area (Å²) in [6.45, 7) is 1.64. The second kappa shape index (κ2) is 19.8. The molecule has 7 nitrogen and oxygen atoms in total. The van der Waals surface area contributed by atoms with E-state index in [1.54, 1.807) is 24.3 Å². The number of ether oxygens (including phenoxy) is 6. The molecule has 1 saturated heterocycles. The van der Waals surface area contributed by atoms with Gasteiger partial charge in [-0.3, -0.25) is 0 Å². The summed E-state index contributed by atoms with van der Waals surface area (Å²) >= 11 is 8.25. The van der Waals surface area contributed by atoms with Crippen molar-refractivity contribution in [2.24, 2.45) is 0 Å². The van der Waals surface area contributed by atoms with Crippen molar-refractivity contribution in [3.8, 4) is 0 Å². The molecular formula is C46H43ClO7S. The van der Waals surface area contributed by atoms with Crippen LogP contribution in [-0.4, -0.2) is 37.0 Å². The topological polar surface area (TPSA) is 72.5 Å². The molecule has 9 heteroatoms. The number of carbonyl (C=O) groups excluding carboxylic acids is 1. The molecule has 0 N–H and O–H groups in total. The van der Waals surface area contributed by atoms with Crippen LogP contribution in [0.3, 0.4) is 0 Å². The van der Waals surface area contributed by atoms with Gasteiger partial charge in [0.2, 0.25) is 0 Å². The Morgan fingerprint density at radius 1 is 0.564 bits per heavy atom. The normalized spacial score (nSPS) is 19.5. The lowest BCUT2D eigenvalue weighted by atomic mass is 9.93. The first-order valence-electron chi connectivity index (χ1n) is 18.3. The van der Waals surface area contributed by atoms with Crippen LogP contribution in [0.5, 0.6) is 0 Å². The summed E-state index contributed by atoms with van der Waals surface area (Å²) in [5, 5.41) is 0. The Balaban J connectivity index is 1.22. The second-order valence-electron chi connectivity index (χ2n) is 13.3. The quantitative estimate of drug-likeness (QED) is 0.0855. The minimum atomic E-state index is -0.621. The Morgan fingerprint density at radius 3 is 1.55 bits per heavy atom. The van der Waals surface area contributed by atoms with Gasteiger partial charge < -0.3 is 28.4 Å². The maximum atomic E-state index is 12.8. The van der Waals surface area contributed by atoms with Crippen LogP contribution in [0.4, 0.5) is 0 Å². The third kappa shape index (κ3) is 10.8. The van der Waals surface area contributed by atoms with Gasteiger partial charge in [0.25, 0.3) is 0 Å². The maximum Gasteiger partial charge on any atom is 0.338 e. The van der Waals surface area contributed by atoms with E-state index >= 15 is 0 Å². The third-order valence-corrected chi connectivity index (χ3v) is 10.8. The number of halogens is 1. The van der Waals surface area contributed by atoms with Crippen LogP contribution in [0.25, 0.3) is 0 Å². The van der Waals surface area contributed by atoms with Crippen molar-refractivity contribution in [1.29, 1.82) is 0 Å². The lowest BCUT2D eigenvalue weighted by molar-refractivity contribution is -0.274. The van der Waals surface area contributed by atoms with Crippen LogP contribution in [-0.2, 0) is 61.5 Å². The van der Waals surface area contributed by atoms with Gasteiger partial charge in [0, 0.05) is 10.4 Å². The molecule has 0 aliphatic carbocycles. The maximum absolute atomic E-state index is 12.8. The second-order valence-corrected chi connectivity index (χ2v) is 15.0. The highest BCUT2D eigenvalue weighted by Gasteiger charge is 2.49. The van der Waals surface area contributed by atoms with Crippen molar-refractivity contribution >= 4 is 28.9 Å². The van der Waals surface area contributed by atoms with Gasteiger partial charge in [0.05, 0.1) is 42.9 Å². The summed E-state index contributed by atoms with van der Waals surface area (Å²) in [5.41, 5.74) is 5.26. The van der Waals surface area contributed by atoms with E-state index in [0.717, 1.165) is 27.1 Å². The molecule has 1 aliphatic rings. The largest absolute Gasteiger partial charge is 0.457 e. The molecular weight excluding hydrogens is 732 g/mol. The van der Waals surface area contributed by atoms with E-state index in [9.17, 15) is 4.79 Å². The van der Waals surface area contributed by atoms with Gasteiger partial charge in [-0.15, -0.1) is 11.3 Å². The number of rotatable bonds is 17. The molecule has 282 valence electrons. The fourth-order valence-corrected chi connectivity index (χ4v) is 7.82. The number of carbonyl (C=O) groups is 1. The monoisotopic (exact) mass is 774 g/mol. The summed E-state index contributed by atoms with van der Waals surface area (Å²) in [6.07, 6.45) is -2.94. The number of hydrogen-bond acceptors (Lipinski definition) is 8. The van der Waals surface area contributed by atoms with Gasteiger partial charge in [0.1, 0.15) is 37.1 Å². The van der Waals surface area contributed by atoms with E-state index in [2.05, 4.69) is 0 Å². The number of thiophene rings is 1. The highest BCUT2D eigenvalue weighted by Crippen LogP contribution is 2.43. The molecule has 5 aromatic carbocycles. The first-order chi connectivity index (χ1) is 27.1. The smallest absolute Gasteiger partial charge is 0.338 e. The van der Waals surface area contributed by atoms with E-state index in [1.807, 2.05) is 133 Å². The minimum absolute atomic E-state index is 0.00564. The highest BCUT2D eigenvalue weighted by molar-refractivity contribution is 7.16. The number of benzene rings is 5. The van der Waals surface area contributed by atoms with Crippen LogP contribution in [0, 0.1) is 0 Å². The zero-order chi connectivity index (χ0) is 37.7. The first kappa shape index (κ1) is 38.6. The molecule has 6 aromatic rings. The first-order valence-corrected chi connectivity index (χ1v) is 19.5. The van der Waals surface area contributed by atoms with Crippen molar-refractivity contribution < 1.29 is 33.2 Å². The van der Waals surface area contributed by atoms with E-state index in [-0.39, 0.29) is 13.2 Å². The Labute approximate surface area is 331 Å². The Bertz CT molecular complexity index is 2030. The molecule has 0 radical (unpaired) electrons. The van der Waals surface area contributed by atoms with Gasteiger partial charge in [0.15, 0.2) is 0 Å². The minimum Gasteiger partial charge on any atom is -0.457 e. The summed E-state index contributed by atoms with van der Waals surface area (Å²) in [7, 11) is 0. The van der Waals surface area contributed by atoms with Crippen LogP contribution < -0.4 is 0 Å². The summed E-state index contributed by atoms with van der Waals surface area (Å²) in [4.78, 5) is 13.7. The molecule has 1 fully saturated rings. The molecule has 0 spiro atoms. The zero-order valence-electron chi connectivity index (χ0n) is 30.3. The zero-order valence-corrected chi connectivity index (χ0v) is 31.9. The molecule has 1 aliphatic heterocycles. The van der Waals surface area contributed by atoms with Gasteiger partial charge >= 0.3 is 5.97 Å². The van der Waals surface area contributed by atoms with Crippen molar-refractivity contribution in [2.75, 3.05) is 6.61 Å². The molecule has 0 bridgehead atoms. The molecule has 55 heavy (non-hydrogen) atoms. The van der Waals surface area contributed by atoms with Crippen molar-refractivity contribution in [3.63, 3.8) is 0 Å². The SMILES string of the molecule is O=C(OCc1cc([C@@H]2OC(COCc3ccccc3)[C@@H](OCc3ccccc3)[C@H](OCc3ccccc3)[C@H]2OCc2ccccc2)sc1Cl)c1ccccc1. The van der Waals surface area contributed by atoms with Crippen molar-refractivity contribution in [1.82, 2.24) is 0 Å². The van der Waals surface area contributed by atoms with Gasteiger partial charge in [-0.05, 0) is 40.5 Å². The number of hydrogen-bond donors (Lipinski definition) is 0. The molecule has 7 rings (SSSR count). The van der Waals surface area contributed by atoms with Crippen LogP contribution in [0.1, 0.15) is 49.2 Å². The molecule has 1 aromatic heterocycles. The molecule has 0 saturated carbocycles. The standard InChI is InChI=1S/C46H43ClO7S/c47-45-38(31-53-46(48)37-24-14-5-15-25-37)26-40(55-45)42-44(52-30-36-22-12-4-13-23-36)43(51-29-35-20-10-3-11-21-35)41(50-28-34-18-8-2-9-19-34)39(54-42)32-49-27-33-16-6-1-7-17-33/h1-26,39,41-44H,27-32H2/t39?,41-,42+,43+,44+/m1/s1. The van der Waals surface area contributed by atoms with Gasteiger partial charge in [-0.1, -0.05) is 151 Å². The van der Waals surface area contributed by atoms with Crippen molar-refractivity contribution in [2.45, 2.75) is 63.6 Å². The van der Waals surface area contributed by atoms with Gasteiger partial charge in [-0.2, -0.15) is 0 Å². The molecule has 2 heterocycles. The Hall–Kier alpha value is -4.64. The summed E-state index contributed by atoms with van der Waals surface area (Å²) in [6, 6.07) is 51.0. The highest BCUT2D eigenvalue weighted by atomic mass is 35.5.